The molecule has 2 aromatic rings. The van der Waals surface area contributed by atoms with Crippen molar-refractivity contribution in [3.05, 3.63) is 41.1 Å². The van der Waals surface area contributed by atoms with Gasteiger partial charge in [0.1, 0.15) is 5.82 Å². The van der Waals surface area contributed by atoms with Gasteiger partial charge in [-0.3, -0.25) is 0 Å². The first kappa shape index (κ1) is 25.2. The average molecular weight is 497 g/mol. The van der Waals surface area contributed by atoms with Gasteiger partial charge in [-0.05, 0) is 94.8 Å². The van der Waals surface area contributed by atoms with Gasteiger partial charge >= 0.3 is 5.97 Å². The maximum absolute atomic E-state index is 11.8. The van der Waals surface area contributed by atoms with Gasteiger partial charge in [0.15, 0.2) is 5.11 Å². The number of ether oxygens (including phenoxy) is 1. The molecule has 2 aliphatic carbocycles. The van der Waals surface area contributed by atoms with Crippen LogP contribution in [0.15, 0.2) is 24.3 Å². The molecule has 8 nitrogen and oxygen atoms in total. The third kappa shape index (κ3) is 6.60. The van der Waals surface area contributed by atoms with Crippen LogP contribution in [0, 0.1) is 0 Å². The number of anilines is 3. The van der Waals surface area contributed by atoms with Crippen LogP contribution in [-0.2, 0) is 17.6 Å². The second kappa shape index (κ2) is 11.7. The largest absolute Gasteiger partial charge is 0.462 e. The molecule has 0 saturated heterocycles. The molecule has 0 radical (unpaired) electrons. The Morgan fingerprint density at radius 1 is 1.06 bits per heavy atom. The minimum absolute atomic E-state index is 0.316. The summed E-state index contributed by atoms with van der Waals surface area (Å²) in [4.78, 5) is 23.6. The van der Waals surface area contributed by atoms with E-state index in [-0.39, 0.29) is 5.97 Å². The van der Waals surface area contributed by atoms with Gasteiger partial charge in [0.25, 0.3) is 0 Å². The van der Waals surface area contributed by atoms with Crippen molar-refractivity contribution in [2.24, 2.45) is 0 Å². The number of nitrogens with one attached hydrogen (secondary N) is 3. The first-order valence-electron chi connectivity index (χ1n) is 12.6. The molecule has 1 aromatic carbocycles. The van der Waals surface area contributed by atoms with Crippen molar-refractivity contribution < 1.29 is 9.53 Å². The quantitative estimate of drug-likeness (QED) is 0.383. The zero-order chi connectivity index (χ0) is 24.8. The Balaban J connectivity index is 1.26. The summed E-state index contributed by atoms with van der Waals surface area (Å²) in [5.41, 5.74) is 3.89. The number of carbonyl (C=O) groups is 1. The van der Waals surface area contributed by atoms with Crippen LogP contribution < -0.4 is 20.9 Å². The molecule has 9 heteroatoms. The molecule has 0 atom stereocenters. The lowest BCUT2D eigenvalue weighted by Crippen LogP contribution is -2.42. The summed E-state index contributed by atoms with van der Waals surface area (Å²) in [5.74, 6) is 1.50. The van der Waals surface area contributed by atoms with Crippen LogP contribution in [0.3, 0.4) is 0 Å². The normalized spacial score (nSPS) is 19.3. The van der Waals surface area contributed by atoms with Crippen molar-refractivity contribution in [3.8, 4) is 0 Å². The zero-order valence-corrected chi connectivity index (χ0v) is 21.7. The minimum atomic E-state index is -0.316. The number of benzene rings is 1. The number of esters is 1. The highest BCUT2D eigenvalue weighted by atomic mass is 32.1. The third-order valence-electron chi connectivity index (χ3n) is 6.63. The van der Waals surface area contributed by atoms with E-state index in [4.69, 9.17) is 26.9 Å². The van der Waals surface area contributed by atoms with Crippen molar-refractivity contribution >= 4 is 40.8 Å². The van der Waals surface area contributed by atoms with Gasteiger partial charge in [0, 0.05) is 37.4 Å². The van der Waals surface area contributed by atoms with Gasteiger partial charge in [-0.25, -0.2) is 9.78 Å². The van der Waals surface area contributed by atoms with E-state index >= 15 is 0 Å². The van der Waals surface area contributed by atoms with Crippen molar-refractivity contribution in [1.29, 1.82) is 0 Å². The van der Waals surface area contributed by atoms with Crippen LogP contribution in [0.5, 0.6) is 0 Å². The van der Waals surface area contributed by atoms with Crippen molar-refractivity contribution in [1.82, 2.24) is 15.3 Å². The van der Waals surface area contributed by atoms with Crippen LogP contribution in [-0.4, -0.2) is 53.8 Å². The first-order chi connectivity index (χ1) is 16.9. The van der Waals surface area contributed by atoms with Crippen LogP contribution in [0.1, 0.15) is 67.1 Å². The van der Waals surface area contributed by atoms with Crippen LogP contribution in [0.4, 0.5) is 17.5 Å². The van der Waals surface area contributed by atoms with Gasteiger partial charge in [-0.15, -0.1) is 0 Å². The Kier molecular flexibility index (Phi) is 8.38. The Hall–Kier alpha value is -2.94. The predicted octanol–water partition coefficient (Wildman–Crippen LogP) is 4.31. The van der Waals surface area contributed by atoms with Gasteiger partial charge in [0.2, 0.25) is 5.95 Å². The number of hydrogen-bond acceptors (Lipinski definition) is 7. The molecule has 1 fully saturated rings. The number of thiocarbonyl (C=S) groups is 1. The number of rotatable bonds is 7. The van der Waals surface area contributed by atoms with E-state index in [1.165, 1.54) is 24.1 Å². The molecule has 1 heterocycles. The van der Waals surface area contributed by atoms with Gasteiger partial charge in [-0.1, -0.05) is 0 Å². The standard InChI is InChI=1S/C26H36N6O2S/c1-4-34-24(33)17-9-11-19(12-10-17)28-26(35)29-20-15-13-18(14-16-20)27-25-30-22-8-6-5-7-21(22)23(31-25)32(2)3/h9-12,18,20H,4-8,13-16H2,1-3H3,(H,27,30,31)(H2,28,29,35). The molecule has 0 bridgehead atoms. The number of fused-ring (bicyclic) bond motifs is 1. The first-order valence-corrected chi connectivity index (χ1v) is 13.0. The zero-order valence-electron chi connectivity index (χ0n) is 20.9. The topological polar surface area (TPSA) is 91.4 Å². The molecule has 0 unspecified atom stereocenters. The summed E-state index contributed by atoms with van der Waals surface area (Å²) in [5, 5.41) is 10.8. The summed E-state index contributed by atoms with van der Waals surface area (Å²) in [7, 11) is 4.12. The molecule has 188 valence electrons. The molecule has 1 aromatic heterocycles. The Morgan fingerprint density at radius 3 is 2.43 bits per heavy atom. The highest BCUT2D eigenvalue weighted by molar-refractivity contribution is 7.80. The van der Waals surface area contributed by atoms with Gasteiger partial charge in [-0.2, -0.15) is 4.98 Å². The predicted molar refractivity (Wildman–Crippen MR) is 144 cm³/mol. The summed E-state index contributed by atoms with van der Waals surface area (Å²) < 4.78 is 5.02. The third-order valence-corrected chi connectivity index (χ3v) is 6.85. The molecule has 1 saturated carbocycles. The molecule has 35 heavy (non-hydrogen) atoms. The summed E-state index contributed by atoms with van der Waals surface area (Å²) in [6, 6.07) is 7.84. The lowest BCUT2D eigenvalue weighted by Gasteiger charge is -2.31. The molecule has 0 amide bonds. The molecule has 4 rings (SSSR count). The Bertz CT molecular complexity index is 1030. The van der Waals surface area contributed by atoms with Crippen molar-refractivity contribution in [2.75, 3.05) is 36.2 Å². The van der Waals surface area contributed by atoms with E-state index in [9.17, 15) is 4.79 Å². The van der Waals surface area contributed by atoms with E-state index in [0.717, 1.165) is 56.0 Å². The smallest absolute Gasteiger partial charge is 0.338 e. The fourth-order valence-electron chi connectivity index (χ4n) is 4.83. The van der Waals surface area contributed by atoms with E-state index in [1.54, 1.807) is 19.1 Å². The van der Waals surface area contributed by atoms with Crippen LogP contribution >= 0.6 is 12.2 Å². The second-order valence-electron chi connectivity index (χ2n) is 9.49. The summed E-state index contributed by atoms with van der Waals surface area (Å²) in [6.45, 7) is 2.16. The Morgan fingerprint density at radius 2 is 1.74 bits per heavy atom. The SMILES string of the molecule is CCOC(=O)c1ccc(NC(=S)NC2CCC(Nc3nc4c(c(N(C)C)n3)CCCC4)CC2)cc1. The molecular weight excluding hydrogens is 460 g/mol. The highest BCUT2D eigenvalue weighted by Crippen LogP contribution is 2.29. The summed E-state index contributed by atoms with van der Waals surface area (Å²) in [6.07, 6.45) is 8.65. The molecule has 3 N–H and O–H groups in total. The fraction of sp³-hybridized carbons (Fsp3) is 0.538. The van der Waals surface area contributed by atoms with Gasteiger partial charge < -0.3 is 25.6 Å². The molecule has 0 aliphatic heterocycles. The fourth-order valence-corrected chi connectivity index (χ4v) is 5.11. The average Bonchev–Trinajstić information content (AvgIpc) is 2.85. The maximum Gasteiger partial charge on any atom is 0.338 e. The van der Waals surface area contributed by atoms with E-state index < -0.39 is 0 Å². The number of carbonyl (C=O) groups excluding carboxylic acids is 1. The van der Waals surface area contributed by atoms with Crippen LogP contribution in [0.25, 0.3) is 0 Å². The molecule has 0 spiro atoms. The van der Waals surface area contributed by atoms with Gasteiger partial charge in [0.05, 0.1) is 17.9 Å². The molecular formula is C26H36N6O2S. The van der Waals surface area contributed by atoms with Crippen LogP contribution in [0.2, 0.25) is 0 Å². The molecule has 2 aliphatic rings. The van der Waals surface area contributed by atoms with E-state index in [0.29, 0.717) is 29.4 Å². The number of hydrogen-bond donors (Lipinski definition) is 3. The minimum Gasteiger partial charge on any atom is -0.462 e. The van der Waals surface area contributed by atoms with Crippen molar-refractivity contribution in [3.63, 3.8) is 0 Å². The highest BCUT2D eigenvalue weighted by Gasteiger charge is 2.24. The van der Waals surface area contributed by atoms with E-state index in [1.807, 2.05) is 12.1 Å². The second-order valence-corrected chi connectivity index (χ2v) is 9.90. The summed E-state index contributed by atoms with van der Waals surface area (Å²) >= 11 is 5.52. The maximum atomic E-state index is 11.8. The number of aryl methyl sites for hydroxylation is 1. The Labute approximate surface area is 213 Å². The number of nitrogens with zero attached hydrogens (tertiary/aromatic N) is 3. The lowest BCUT2D eigenvalue weighted by molar-refractivity contribution is 0.0526. The van der Waals surface area contributed by atoms with E-state index in [2.05, 4.69) is 34.9 Å². The monoisotopic (exact) mass is 496 g/mol. The lowest BCUT2D eigenvalue weighted by atomic mass is 9.91. The van der Waals surface area contributed by atoms with Crippen molar-refractivity contribution in [2.45, 2.75) is 70.4 Å². The number of aromatic nitrogens is 2.